The Morgan fingerprint density at radius 3 is 2.60 bits per heavy atom. The summed E-state index contributed by atoms with van der Waals surface area (Å²) in [6.45, 7) is 3.72. The van der Waals surface area contributed by atoms with E-state index in [1.54, 1.807) is 18.2 Å². The molecule has 5 nitrogen and oxygen atoms in total. The van der Waals surface area contributed by atoms with Gasteiger partial charge in [-0.2, -0.15) is 4.31 Å². The van der Waals surface area contributed by atoms with E-state index in [1.165, 1.54) is 4.31 Å². The molecular weight excluding hydrogens is 428 g/mol. The lowest BCUT2D eigenvalue weighted by Crippen LogP contribution is -2.34. The van der Waals surface area contributed by atoms with Gasteiger partial charge in [0, 0.05) is 21.7 Å². The standard InChI is InChI=1S/C17H18BrClN2O3S/c1-11-3-4-14(19)8-13(11)9-21(25(23)24)10-17(22)20-15-5-6-16(18)12(2)7-15/h3-8H,9-10H2,1-2H3,(H,20,22)(H,23,24). The van der Waals surface area contributed by atoms with Gasteiger partial charge >= 0.3 is 0 Å². The first-order valence-electron chi connectivity index (χ1n) is 7.43. The van der Waals surface area contributed by atoms with E-state index in [-0.39, 0.29) is 19.0 Å². The lowest BCUT2D eigenvalue weighted by atomic mass is 10.1. The van der Waals surface area contributed by atoms with Crippen LogP contribution in [-0.4, -0.2) is 25.5 Å². The molecule has 0 aromatic heterocycles. The van der Waals surface area contributed by atoms with Gasteiger partial charge in [-0.15, -0.1) is 0 Å². The van der Waals surface area contributed by atoms with E-state index >= 15 is 0 Å². The van der Waals surface area contributed by atoms with Crippen molar-refractivity contribution < 1.29 is 13.6 Å². The number of hydrogen-bond acceptors (Lipinski definition) is 2. The minimum Gasteiger partial charge on any atom is -0.325 e. The number of nitrogens with zero attached hydrogens (tertiary/aromatic N) is 1. The Morgan fingerprint density at radius 1 is 1.24 bits per heavy atom. The van der Waals surface area contributed by atoms with Crippen LogP contribution in [0, 0.1) is 13.8 Å². The SMILES string of the molecule is Cc1cc(NC(=O)CN(Cc2cc(Cl)ccc2C)S(=O)O)ccc1Br. The highest BCUT2D eigenvalue weighted by Crippen LogP contribution is 2.20. The van der Waals surface area contributed by atoms with Crippen LogP contribution in [0.3, 0.4) is 0 Å². The summed E-state index contributed by atoms with van der Waals surface area (Å²) >= 11 is 7.10. The Balaban J connectivity index is 2.07. The van der Waals surface area contributed by atoms with Gasteiger partial charge in [0.05, 0.1) is 6.54 Å². The molecule has 0 bridgehead atoms. The number of carbonyl (C=O) groups is 1. The van der Waals surface area contributed by atoms with E-state index < -0.39 is 11.3 Å². The third kappa shape index (κ3) is 5.90. The zero-order valence-electron chi connectivity index (χ0n) is 13.8. The van der Waals surface area contributed by atoms with E-state index in [9.17, 15) is 13.6 Å². The van der Waals surface area contributed by atoms with Gasteiger partial charge < -0.3 is 5.32 Å². The molecule has 0 saturated carbocycles. The Labute approximate surface area is 162 Å². The van der Waals surface area contributed by atoms with Gasteiger partial charge in [0.25, 0.3) is 0 Å². The number of amides is 1. The van der Waals surface area contributed by atoms with Crippen LogP contribution in [0.2, 0.25) is 5.02 Å². The van der Waals surface area contributed by atoms with Crippen molar-refractivity contribution in [1.29, 1.82) is 0 Å². The summed E-state index contributed by atoms with van der Waals surface area (Å²) in [5.74, 6) is -0.371. The number of rotatable bonds is 6. The molecule has 0 aliphatic carbocycles. The zero-order chi connectivity index (χ0) is 18.6. The summed E-state index contributed by atoms with van der Waals surface area (Å²) in [6, 6.07) is 10.7. The molecule has 0 saturated heterocycles. The smallest absolute Gasteiger partial charge is 0.239 e. The highest BCUT2D eigenvalue weighted by atomic mass is 79.9. The third-order valence-electron chi connectivity index (χ3n) is 3.64. The van der Waals surface area contributed by atoms with Crippen molar-refractivity contribution in [2.75, 3.05) is 11.9 Å². The molecule has 2 aromatic rings. The molecule has 0 fully saturated rings. The lowest BCUT2D eigenvalue weighted by Gasteiger charge is -2.19. The molecule has 1 atom stereocenters. The predicted octanol–water partition coefficient (Wildman–Crippen LogP) is 4.30. The fraction of sp³-hybridized carbons (Fsp3) is 0.235. The average molecular weight is 446 g/mol. The highest BCUT2D eigenvalue weighted by molar-refractivity contribution is 9.10. The van der Waals surface area contributed by atoms with Gasteiger partial charge in [-0.05, 0) is 60.9 Å². The summed E-state index contributed by atoms with van der Waals surface area (Å²) in [7, 11) is 0. The van der Waals surface area contributed by atoms with Crippen molar-refractivity contribution >= 4 is 50.4 Å². The second-order valence-corrected chi connectivity index (χ2v) is 7.88. The van der Waals surface area contributed by atoms with Crippen molar-refractivity contribution in [3.63, 3.8) is 0 Å². The minimum absolute atomic E-state index is 0.141. The summed E-state index contributed by atoms with van der Waals surface area (Å²) in [5.41, 5.74) is 3.34. The largest absolute Gasteiger partial charge is 0.325 e. The molecule has 0 aliphatic rings. The molecule has 25 heavy (non-hydrogen) atoms. The highest BCUT2D eigenvalue weighted by Gasteiger charge is 2.18. The number of aryl methyl sites for hydroxylation is 2. The maximum atomic E-state index is 12.2. The normalized spacial score (nSPS) is 12.2. The molecule has 8 heteroatoms. The molecule has 0 radical (unpaired) electrons. The van der Waals surface area contributed by atoms with E-state index in [1.807, 2.05) is 32.0 Å². The summed E-state index contributed by atoms with van der Waals surface area (Å²) < 4.78 is 23.2. The number of nitrogens with one attached hydrogen (secondary N) is 1. The van der Waals surface area contributed by atoms with Gasteiger partial charge in [0.1, 0.15) is 0 Å². The second-order valence-electron chi connectivity index (χ2n) is 5.61. The van der Waals surface area contributed by atoms with Gasteiger partial charge in [0.2, 0.25) is 17.2 Å². The predicted molar refractivity (Wildman–Crippen MR) is 105 cm³/mol. The Bertz CT molecular complexity index is 816. The summed E-state index contributed by atoms with van der Waals surface area (Å²) in [6.07, 6.45) is 0. The number of halogens is 2. The first kappa shape index (κ1) is 20.1. The second kappa shape index (κ2) is 8.91. The molecule has 0 spiro atoms. The van der Waals surface area contributed by atoms with E-state index in [4.69, 9.17) is 11.6 Å². The molecule has 1 unspecified atom stereocenters. The molecule has 134 valence electrons. The van der Waals surface area contributed by atoms with Gasteiger partial charge in [-0.1, -0.05) is 33.6 Å². The van der Waals surface area contributed by atoms with Crippen molar-refractivity contribution in [3.05, 3.63) is 62.6 Å². The summed E-state index contributed by atoms with van der Waals surface area (Å²) in [5, 5.41) is 3.27. The number of benzene rings is 2. The number of carbonyl (C=O) groups excluding carboxylic acids is 1. The van der Waals surface area contributed by atoms with Crippen molar-refractivity contribution in [1.82, 2.24) is 4.31 Å². The minimum atomic E-state index is -2.28. The fourth-order valence-electron chi connectivity index (χ4n) is 2.25. The summed E-state index contributed by atoms with van der Waals surface area (Å²) in [4.78, 5) is 12.2. The molecule has 2 N–H and O–H groups in total. The lowest BCUT2D eigenvalue weighted by molar-refractivity contribution is -0.116. The van der Waals surface area contributed by atoms with Crippen molar-refractivity contribution in [2.45, 2.75) is 20.4 Å². The Hall–Kier alpha value is -1.25. The number of anilines is 1. The monoisotopic (exact) mass is 444 g/mol. The molecule has 1 amide bonds. The van der Waals surface area contributed by atoms with Crippen LogP contribution in [0.15, 0.2) is 40.9 Å². The van der Waals surface area contributed by atoms with Crippen LogP contribution in [0.25, 0.3) is 0 Å². The molecule has 0 aliphatic heterocycles. The molecule has 2 aromatic carbocycles. The molecular formula is C17H18BrClN2O3S. The first-order chi connectivity index (χ1) is 11.8. The van der Waals surface area contributed by atoms with E-state index in [2.05, 4.69) is 21.2 Å². The van der Waals surface area contributed by atoms with Gasteiger partial charge in [-0.25, -0.2) is 4.21 Å². The van der Waals surface area contributed by atoms with E-state index in [0.717, 1.165) is 21.2 Å². The van der Waals surface area contributed by atoms with Crippen LogP contribution >= 0.6 is 27.5 Å². The molecule has 2 rings (SSSR count). The van der Waals surface area contributed by atoms with Crippen LogP contribution in [-0.2, 0) is 22.6 Å². The average Bonchev–Trinajstić information content (AvgIpc) is 2.53. The zero-order valence-corrected chi connectivity index (χ0v) is 16.9. The first-order valence-corrected chi connectivity index (χ1v) is 9.66. The quantitative estimate of drug-likeness (QED) is 0.651. The van der Waals surface area contributed by atoms with Crippen molar-refractivity contribution in [2.24, 2.45) is 0 Å². The maximum Gasteiger partial charge on any atom is 0.239 e. The van der Waals surface area contributed by atoms with Crippen molar-refractivity contribution in [3.8, 4) is 0 Å². The fourth-order valence-corrected chi connectivity index (χ4v) is 3.17. The van der Waals surface area contributed by atoms with Crippen LogP contribution in [0.4, 0.5) is 5.69 Å². The topological polar surface area (TPSA) is 69.6 Å². The third-order valence-corrected chi connectivity index (χ3v) is 5.47. The Morgan fingerprint density at radius 2 is 1.96 bits per heavy atom. The molecule has 0 heterocycles. The van der Waals surface area contributed by atoms with Crippen LogP contribution in [0.1, 0.15) is 16.7 Å². The van der Waals surface area contributed by atoms with Crippen LogP contribution in [0.5, 0.6) is 0 Å². The van der Waals surface area contributed by atoms with Crippen LogP contribution < -0.4 is 5.32 Å². The van der Waals surface area contributed by atoms with E-state index in [0.29, 0.717) is 10.7 Å². The van der Waals surface area contributed by atoms with Gasteiger partial charge in [-0.3, -0.25) is 9.35 Å². The maximum absolute atomic E-state index is 12.2. The Kier molecular flexibility index (Phi) is 7.15. The number of hydrogen-bond donors (Lipinski definition) is 2. The van der Waals surface area contributed by atoms with Gasteiger partial charge in [0.15, 0.2) is 0 Å².